The minimum absolute atomic E-state index is 0.0894. The van der Waals surface area contributed by atoms with Crippen LogP contribution >= 0.6 is 0 Å². The normalized spacial score (nSPS) is 12.6. The molecule has 0 aliphatic carbocycles. The van der Waals surface area contributed by atoms with Gasteiger partial charge in [0.1, 0.15) is 0 Å². The molecule has 0 aromatic heterocycles. The van der Waals surface area contributed by atoms with E-state index in [1.54, 1.807) is 29.6 Å². The maximum absolute atomic E-state index is 12.3. The van der Waals surface area contributed by atoms with Crippen LogP contribution in [0.15, 0.2) is 42.5 Å². The number of benzene rings is 2. The maximum Gasteiger partial charge on any atom is 0.471 e. The first-order valence-electron chi connectivity index (χ1n) is 7.48. The van der Waals surface area contributed by atoms with Crippen molar-refractivity contribution < 1.29 is 32.2 Å². The Balaban J connectivity index is 1.65. The van der Waals surface area contributed by atoms with Crippen molar-refractivity contribution in [3.8, 4) is 11.5 Å². The molecule has 1 aliphatic heterocycles. The van der Waals surface area contributed by atoms with E-state index in [4.69, 9.17) is 9.47 Å². The average Bonchev–Trinajstić information content (AvgIpc) is 3.06. The summed E-state index contributed by atoms with van der Waals surface area (Å²) in [5.41, 5.74) is 1.13. The van der Waals surface area contributed by atoms with Gasteiger partial charge in [0, 0.05) is 17.8 Å². The molecule has 136 valence electrons. The van der Waals surface area contributed by atoms with Gasteiger partial charge in [0.2, 0.25) is 6.79 Å². The van der Waals surface area contributed by atoms with Crippen LogP contribution < -0.4 is 20.1 Å². The van der Waals surface area contributed by atoms with Crippen LogP contribution in [0.1, 0.15) is 15.9 Å². The van der Waals surface area contributed by atoms with E-state index in [0.29, 0.717) is 28.3 Å². The molecule has 1 heterocycles. The van der Waals surface area contributed by atoms with Gasteiger partial charge in [0.05, 0.1) is 0 Å². The Kier molecular flexibility index (Phi) is 4.70. The number of ether oxygens (including phenoxy) is 2. The lowest BCUT2D eigenvalue weighted by atomic mass is 10.1. The molecule has 2 N–H and O–H groups in total. The molecule has 0 unspecified atom stereocenters. The van der Waals surface area contributed by atoms with Crippen molar-refractivity contribution in [2.45, 2.75) is 12.7 Å². The Morgan fingerprint density at radius 3 is 2.58 bits per heavy atom. The second-order valence-electron chi connectivity index (χ2n) is 5.40. The van der Waals surface area contributed by atoms with Crippen LogP contribution in [0.25, 0.3) is 0 Å². The molecule has 6 nitrogen and oxygen atoms in total. The summed E-state index contributed by atoms with van der Waals surface area (Å²) in [6, 6.07) is 10.9. The lowest BCUT2D eigenvalue weighted by Crippen LogP contribution is -2.36. The highest BCUT2D eigenvalue weighted by atomic mass is 19.4. The largest absolute Gasteiger partial charge is 0.471 e. The van der Waals surface area contributed by atoms with Crippen molar-refractivity contribution >= 4 is 17.5 Å². The lowest BCUT2D eigenvalue weighted by Gasteiger charge is -2.10. The summed E-state index contributed by atoms with van der Waals surface area (Å²) in [6.07, 6.45) is -4.94. The lowest BCUT2D eigenvalue weighted by molar-refractivity contribution is -0.173. The number of hydrogen-bond donors (Lipinski definition) is 2. The minimum Gasteiger partial charge on any atom is -0.454 e. The van der Waals surface area contributed by atoms with Gasteiger partial charge in [-0.2, -0.15) is 13.2 Å². The van der Waals surface area contributed by atoms with Gasteiger partial charge >= 0.3 is 12.1 Å². The molecule has 9 heteroatoms. The highest BCUT2D eigenvalue weighted by Crippen LogP contribution is 2.32. The molecule has 0 saturated carbocycles. The molecular formula is C17H13F3N2O4. The van der Waals surface area contributed by atoms with Crippen LogP contribution in [0.4, 0.5) is 18.9 Å². The Morgan fingerprint density at radius 2 is 1.81 bits per heavy atom. The zero-order valence-corrected chi connectivity index (χ0v) is 13.2. The van der Waals surface area contributed by atoms with E-state index >= 15 is 0 Å². The molecule has 1 aliphatic rings. The fraction of sp³-hybridized carbons (Fsp3) is 0.176. The molecule has 2 aromatic rings. The fourth-order valence-electron chi connectivity index (χ4n) is 2.28. The van der Waals surface area contributed by atoms with Crippen molar-refractivity contribution in [2.75, 3.05) is 12.1 Å². The summed E-state index contributed by atoms with van der Waals surface area (Å²) >= 11 is 0. The second kappa shape index (κ2) is 6.95. The van der Waals surface area contributed by atoms with E-state index in [-0.39, 0.29) is 13.3 Å². The van der Waals surface area contributed by atoms with Crippen molar-refractivity contribution in [2.24, 2.45) is 0 Å². The molecule has 3 rings (SSSR count). The third-order valence-corrected chi connectivity index (χ3v) is 3.53. The number of rotatable bonds is 4. The molecule has 0 radical (unpaired) electrons. The summed E-state index contributed by atoms with van der Waals surface area (Å²) in [5.74, 6) is -1.43. The van der Waals surface area contributed by atoms with E-state index in [2.05, 4.69) is 5.32 Å². The van der Waals surface area contributed by atoms with E-state index < -0.39 is 18.0 Å². The zero-order valence-electron chi connectivity index (χ0n) is 13.2. The molecule has 0 saturated heterocycles. The number of anilines is 1. The number of nitrogens with one attached hydrogen (secondary N) is 2. The van der Waals surface area contributed by atoms with Crippen LogP contribution in [0.5, 0.6) is 11.5 Å². The van der Waals surface area contributed by atoms with Crippen molar-refractivity contribution in [3.05, 3.63) is 53.6 Å². The molecule has 0 fully saturated rings. The highest BCUT2D eigenvalue weighted by Gasteiger charge is 2.38. The van der Waals surface area contributed by atoms with Crippen LogP contribution in [0, 0.1) is 0 Å². The van der Waals surface area contributed by atoms with E-state index in [0.717, 1.165) is 0 Å². The Hall–Kier alpha value is -3.23. The van der Waals surface area contributed by atoms with E-state index in [9.17, 15) is 22.8 Å². The summed E-state index contributed by atoms with van der Waals surface area (Å²) < 4.78 is 47.0. The topological polar surface area (TPSA) is 76.7 Å². The summed E-state index contributed by atoms with van der Waals surface area (Å²) in [7, 11) is 0. The Labute approximate surface area is 145 Å². The van der Waals surface area contributed by atoms with Gasteiger partial charge in [-0.05, 0) is 35.9 Å². The number of amides is 2. The van der Waals surface area contributed by atoms with Crippen LogP contribution in [-0.2, 0) is 11.3 Å². The second-order valence-corrected chi connectivity index (χ2v) is 5.40. The summed E-state index contributed by atoms with van der Waals surface area (Å²) in [5, 5.41) is 4.41. The molecule has 0 bridgehead atoms. The maximum atomic E-state index is 12.3. The summed E-state index contributed by atoms with van der Waals surface area (Å²) in [4.78, 5) is 23.1. The van der Waals surface area contributed by atoms with Crippen molar-refractivity contribution in [1.29, 1.82) is 0 Å². The number of hydrogen-bond acceptors (Lipinski definition) is 4. The third kappa shape index (κ3) is 4.05. The quantitative estimate of drug-likeness (QED) is 0.873. The zero-order chi connectivity index (χ0) is 18.7. The van der Waals surface area contributed by atoms with Gasteiger partial charge in [0.15, 0.2) is 11.5 Å². The third-order valence-electron chi connectivity index (χ3n) is 3.53. The van der Waals surface area contributed by atoms with Crippen molar-refractivity contribution in [1.82, 2.24) is 5.32 Å². The number of carbonyl (C=O) groups is 2. The molecule has 2 amide bonds. The predicted molar refractivity (Wildman–Crippen MR) is 84.9 cm³/mol. The van der Waals surface area contributed by atoms with Gasteiger partial charge in [-0.25, -0.2) is 0 Å². The van der Waals surface area contributed by atoms with Gasteiger partial charge in [-0.3, -0.25) is 9.59 Å². The molecule has 0 spiro atoms. The molecule has 0 atom stereocenters. The molecule has 2 aromatic carbocycles. The molecule has 26 heavy (non-hydrogen) atoms. The predicted octanol–water partition coefficient (Wildman–Crippen LogP) is 2.85. The van der Waals surface area contributed by atoms with Gasteiger partial charge in [-0.1, -0.05) is 12.1 Å². The van der Waals surface area contributed by atoms with Gasteiger partial charge in [-0.15, -0.1) is 0 Å². The summed E-state index contributed by atoms with van der Waals surface area (Å²) in [6.45, 7) is -0.224. The SMILES string of the molecule is O=C(Nc1cccc(CNC(=O)C(F)(F)F)c1)c1ccc2c(c1)OCO2. The van der Waals surface area contributed by atoms with Crippen LogP contribution in [0.2, 0.25) is 0 Å². The number of alkyl halides is 3. The molecular weight excluding hydrogens is 353 g/mol. The first-order chi connectivity index (χ1) is 12.3. The number of fused-ring (bicyclic) bond motifs is 1. The van der Waals surface area contributed by atoms with Gasteiger partial charge in [0.25, 0.3) is 5.91 Å². The number of halogens is 3. The average molecular weight is 366 g/mol. The minimum atomic E-state index is -4.94. The van der Waals surface area contributed by atoms with E-state index in [1.165, 1.54) is 18.2 Å². The highest BCUT2D eigenvalue weighted by molar-refractivity contribution is 6.04. The van der Waals surface area contributed by atoms with Crippen molar-refractivity contribution in [3.63, 3.8) is 0 Å². The Bertz CT molecular complexity index is 852. The van der Waals surface area contributed by atoms with E-state index in [1.807, 2.05) is 0 Å². The van der Waals surface area contributed by atoms with Gasteiger partial charge < -0.3 is 20.1 Å². The smallest absolute Gasteiger partial charge is 0.454 e. The van der Waals surface area contributed by atoms with Crippen LogP contribution in [-0.4, -0.2) is 24.8 Å². The Morgan fingerprint density at radius 1 is 1.04 bits per heavy atom. The fourth-order valence-corrected chi connectivity index (χ4v) is 2.28. The standard InChI is InChI=1S/C17H13F3N2O4/c18-17(19,20)16(24)21-8-10-2-1-3-12(6-10)22-15(23)11-4-5-13-14(7-11)26-9-25-13/h1-7H,8-9H2,(H,21,24)(H,22,23). The number of carbonyl (C=O) groups excluding carboxylic acids is 2. The first kappa shape index (κ1) is 17.6. The monoisotopic (exact) mass is 366 g/mol. The first-order valence-corrected chi connectivity index (χ1v) is 7.48. The van der Waals surface area contributed by atoms with Crippen LogP contribution in [0.3, 0.4) is 0 Å².